The van der Waals surface area contributed by atoms with Crippen LogP contribution in [-0.2, 0) is 53.0 Å². The van der Waals surface area contributed by atoms with Crippen molar-refractivity contribution < 1.29 is 46.5 Å². The first-order valence-corrected chi connectivity index (χ1v) is 1.55. The van der Waals surface area contributed by atoms with Gasteiger partial charge in [0.15, 0.2) is 0 Å². The van der Waals surface area contributed by atoms with Crippen LogP contribution in [0.5, 0.6) is 0 Å². The van der Waals surface area contributed by atoms with Crippen LogP contribution in [-0.4, -0.2) is 4.55 Å². The molecule has 0 unspecified atom stereocenters. The van der Waals surface area contributed by atoms with Crippen LogP contribution in [0.15, 0.2) is 0 Å². The minimum absolute atomic E-state index is 0. The fourth-order valence-electron chi connectivity index (χ4n) is 0. The molecule has 0 saturated carbocycles. The third-order valence-corrected chi connectivity index (χ3v) is 0. The third-order valence-electron chi connectivity index (χ3n) is 0. The van der Waals surface area contributed by atoms with Crippen molar-refractivity contribution in [3.8, 4) is 0 Å². The molecule has 0 aliphatic rings. The molecule has 0 aliphatic carbocycles. The van der Waals surface area contributed by atoms with Crippen LogP contribution in [0, 0.1) is 0 Å². The van der Waals surface area contributed by atoms with Gasteiger partial charge in [-0.25, -0.2) is 0 Å². The zero-order valence-electron chi connectivity index (χ0n) is 2.37. The van der Waals surface area contributed by atoms with Gasteiger partial charge in [-0.2, -0.15) is 0 Å². The van der Waals surface area contributed by atoms with Crippen molar-refractivity contribution in [3.63, 3.8) is 0 Å². The quantitative estimate of drug-likeness (QED) is 0.251. The van der Waals surface area contributed by atoms with Crippen molar-refractivity contribution in [1.29, 1.82) is 0 Å². The molecule has 1 N–H and O–H groups in total. The van der Waals surface area contributed by atoms with Crippen LogP contribution in [0.1, 0.15) is 0 Å². The molecule has 0 aromatic rings. The zero-order valence-corrected chi connectivity index (χ0v) is 5.35. The van der Waals surface area contributed by atoms with E-state index in [4.69, 9.17) is 13.0 Å². The molecule has 0 fully saturated rings. The van der Waals surface area contributed by atoms with Crippen molar-refractivity contribution >= 4 is 11.0 Å². The summed E-state index contributed by atoms with van der Waals surface area (Å²) in [4.78, 5) is 0. The molecule has 0 aromatic heterocycles. The van der Waals surface area contributed by atoms with E-state index in [9.17, 15) is 0 Å². The molecule has 0 aromatic carbocycles. The minimum Gasteiger partial charge on any atom is -0.439 e. The molecule has 3 nitrogen and oxygen atoms in total. The molecular weight excluding hydrogens is 194 g/mol. The Morgan fingerprint density at radius 3 is 1.33 bits per heavy atom. The summed E-state index contributed by atoms with van der Waals surface area (Å²) < 4.78 is 24.1. The first kappa shape index (κ1) is 15.8. The first-order chi connectivity index (χ1) is 1.73. The fraction of sp³-hybridized carbons (Fsp3) is 0. The summed E-state index contributed by atoms with van der Waals surface area (Å²) >= 11 is 0. The van der Waals surface area contributed by atoms with Gasteiger partial charge in [0.05, 0.1) is 0 Å². The van der Waals surface area contributed by atoms with Gasteiger partial charge < -0.3 is 13.0 Å². The van der Waals surface area contributed by atoms with Crippen LogP contribution in [0.4, 0.5) is 0 Å². The van der Waals surface area contributed by atoms with Gasteiger partial charge in [0.1, 0.15) is 0 Å². The van der Waals surface area contributed by atoms with Crippen LogP contribution >= 0.6 is 0 Å². The number of hydrogen-bond acceptors (Lipinski definition) is 3. The molecule has 0 amide bonds. The van der Waals surface area contributed by atoms with Gasteiger partial charge in [-0.05, 0) is 0 Å². The van der Waals surface area contributed by atoms with E-state index in [1.54, 1.807) is 0 Å². The van der Waals surface area contributed by atoms with E-state index in [0.717, 1.165) is 0 Å². The van der Waals surface area contributed by atoms with E-state index in [1.807, 2.05) is 0 Å². The van der Waals surface area contributed by atoms with Crippen LogP contribution in [0.2, 0.25) is 0 Å². The van der Waals surface area contributed by atoms with Gasteiger partial charge >= 0.3 is 0 Å². The van der Waals surface area contributed by atoms with Crippen LogP contribution in [0.25, 0.3) is 0 Å². The maximum absolute atomic E-state index is 8.56. The van der Waals surface area contributed by atoms with Gasteiger partial charge in [0.2, 0.25) is 0 Å². The van der Waals surface area contributed by atoms with E-state index in [-0.39, 0.29) is 33.6 Å². The van der Waals surface area contributed by atoms with Crippen LogP contribution < -0.4 is 0 Å². The Hall–Kier alpha value is 0.923. The van der Waals surface area contributed by atoms with E-state index >= 15 is 0 Å². The average molecular weight is 195 g/mol. The summed E-state index contributed by atoms with van der Waals surface area (Å²) in [7, 11) is -2.86. The maximum Gasteiger partial charge on any atom is 0.0495 e. The number of rotatable bonds is 0. The molecule has 1 radical (unpaired) electrons. The Bertz CT molecular complexity index is 59.2. The standard InChI is InChI=1S/Mn.Ni.HO3S/c;;1-4(2)3/h;;(H,1,2,3)/q;;-1. The topological polar surface area (TPSA) is 54.4 Å². The molecule has 0 aliphatic heterocycles. The maximum atomic E-state index is 8.56. The van der Waals surface area contributed by atoms with Gasteiger partial charge in [-0.3, -0.25) is 0 Å². The molecule has 43 valence electrons. The predicted molar refractivity (Wildman–Crippen MR) is 11.4 cm³/mol. The van der Waals surface area contributed by atoms with E-state index in [2.05, 4.69) is 0 Å². The Morgan fingerprint density at radius 1 is 1.33 bits per heavy atom. The monoisotopic (exact) mass is 194 g/mol. The predicted octanol–water partition coefficient (Wildman–Crippen LogP) is -0.236. The molecule has 6 heavy (non-hydrogen) atoms. The average Bonchev–Trinajstić information content (AvgIpc) is 0.811. The fourth-order valence-corrected chi connectivity index (χ4v) is 0. The van der Waals surface area contributed by atoms with Crippen molar-refractivity contribution in [2.24, 2.45) is 0 Å². The minimum atomic E-state index is -2.86. The largest absolute Gasteiger partial charge is 0.439 e. The Kier molecular flexibility index (Phi) is 24.5. The van der Waals surface area contributed by atoms with Crippen molar-refractivity contribution in [1.82, 2.24) is 0 Å². The summed E-state index contributed by atoms with van der Waals surface area (Å²) in [5.41, 5.74) is 0. The molecule has 0 heterocycles. The second-order valence-electron chi connectivity index (χ2n) is 0.217. The van der Waals surface area contributed by atoms with Crippen LogP contribution in [0.3, 0.4) is 0 Å². The molecule has 6 heteroatoms. The summed E-state index contributed by atoms with van der Waals surface area (Å²) in [6.45, 7) is 0. The van der Waals surface area contributed by atoms with Crippen molar-refractivity contribution in [2.45, 2.75) is 0 Å². The molecule has 0 atom stereocenters. The van der Waals surface area contributed by atoms with Gasteiger partial charge in [-0.1, -0.05) is 0 Å². The second-order valence-corrected chi connectivity index (χ2v) is 0.651. The smallest absolute Gasteiger partial charge is 0.0495 e. The zero-order chi connectivity index (χ0) is 3.58. The van der Waals surface area contributed by atoms with Gasteiger partial charge in [0.25, 0.3) is 0 Å². The summed E-state index contributed by atoms with van der Waals surface area (Å²) in [6, 6.07) is 0. The molecule has 0 rings (SSSR count). The third kappa shape index (κ3) is 88.9. The van der Waals surface area contributed by atoms with Gasteiger partial charge in [0, 0.05) is 44.5 Å². The Labute approximate surface area is 57.7 Å². The van der Waals surface area contributed by atoms with Crippen molar-refractivity contribution in [3.05, 3.63) is 0 Å². The number of hydrogen-bond donors (Lipinski definition) is 1. The second kappa shape index (κ2) is 9.33. The summed E-state index contributed by atoms with van der Waals surface area (Å²) in [6.07, 6.45) is 0. The molecule has 0 bridgehead atoms. The summed E-state index contributed by atoms with van der Waals surface area (Å²) in [5, 5.41) is 0. The normalized spacial score (nSPS) is 5.67. The SMILES string of the molecule is O=[S-](=O)O.[Mn].[Ni]. The van der Waals surface area contributed by atoms with E-state index in [1.165, 1.54) is 0 Å². The molecular formula is HMnNiO3S-. The van der Waals surface area contributed by atoms with Crippen molar-refractivity contribution in [2.75, 3.05) is 0 Å². The summed E-state index contributed by atoms with van der Waals surface area (Å²) in [5.74, 6) is 0. The Balaban J connectivity index is -0.0000000450. The van der Waals surface area contributed by atoms with E-state index < -0.39 is 11.0 Å². The van der Waals surface area contributed by atoms with E-state index in [0.29, 0.717) is 0 Å². The van der Waals surface area contributed by atoms with Gasteiger partial charge in [-0.15, -0.1) is 0 Å². The Morgan fingerprint density at radius 2 is 1.33 bits per heavy atom. The molecule has 0 saturated heterocycles. The molecule has 0 spiro atoms. The first-order valence-electron chi connectivity index (χ1n) is 0.516.